The molecule has 0 saturated carbocycles. The van der Waals surface area contributed by atoms with Gasteiger partial charge in [0.1, 0.15) is 12.4 Å². The largest absolute Gasteiger partial charge is 0.500 e. The fraction of sp³-hybridized carbons (Fsp3) is 0.769. The molecule has 0 aliphatic heterocycles. The molecule has 1 unspecified atom stereocenters. The molecule has 0 amide bonds. The molecule has 2 N–H and O–H groups in total. The van der Waals surface area contributed by atoms with Crippen molar-refractivity contribution in [2.45, 2.75) is 44.0 Å². The predicted octanol–water partition coefficient (Wildman–Crippen LogP) is 0.779. The van der Waals surface area contributed by atoms with Gasteiger partial charge in [-0.2, -0.15) is 8.42 Å². The summed E-state index contributed by atoms with van der Waals surface area (Å²) >= 11 is 0. The van der Waals surface area contributed by atoms with Gasteiger partial charge in [-0.1, -0.05) is 0 Å². The van der Waals surface area contributed by atoms with Gasteiger partial charge in [0.15, 0.2) is 0 Å². The van der Waals surface area contributed by atoms with Gasteiger partial charge in [-0.05, 0) is 13.3 Å². The van der Waals surface area contributed by atoms with Crippen molar-refractivity contribution in [1.82, 2.24) is 4.98 Å². The number of aromatic nitrogens is 2. The summed E-state index contributed by atoms with van der Waals surface area (Å²) in [7, 11) is -1.78. The lowest BCUT2D eigenvalue weighted by atomic mass is 10.3. The van der Waals surface area contributed by atoms with Crippen LogP contribution in [-0.2, 0) is 36.4 Å². The zero-order chi connectivity index (χ0) is 17.5. The highest BCUT2D eigenvalue weighted by Gasteiger charge is 2.37. The Bertz CT molecular complexity index is 565. The minimum atomic E-state index is -3.98. The molecule has 0 aromatic carbocycles. The highest BCUT2D eigenvalue weighted by Crippen LogP contribution is 2.16. The van der Waals surface area contributed by atoms with Crippen LogP contribution in [0.1, 0.15) is 25.6 Å². The molecule has 0 aliphatic carbocycles. The molecule has 0 spiro atoms. The van der Waals surface area contributed by atoms with Crippen LogP contribution in [0.25, 0.3) is 0 Å². The van der Waals surface area contributed by atoms with Crippen LogP contribution in [0, 0.1) is 0 Å². The third-order valence-corrected chi connectivity index (χ3v) is 8.05. The fourth-order valence-electron chi connectivity index (χ4n) is 2.32. The molecule has 0 bridgehead atoms. The smallest absolute Gasteiger partial charge is 0.377 e. The van der Waals surface area contributed by atoms with Crippen molar-refractivity contribution < 1.29 is 30.8 Å². The Labute approximate surface area is 138 Å². The molecule has 0 saturated heterocycles. The normalized spacial score (nSPS) is 14.1. The monoisotopic (exact) mass is 367 g/mol. The van der Waals surface area contributed by atoms with E-state index in [0.717, 1.165) is 18.7 Å². The molecule has 1 aromatic heterocycles. The summed E-state index contributed by atoms with van der Waals surface area (Å²) in [5, 5.41) is -0.784. The van der Waals surface area contributed by atoms with E-state index < -0.39 is 24.2 Å². The maximum Gasteiger partial charge on any atom is 0.500 e. The second kappa shape index (κ2) is 8.90. The van der Waals surface area contributed by atoms with Crippen LogP contribution in [0.2, 0.25) is 6.04 Å². The summed E-state index contributed by atoms with van der Waals surface area (Å²) in [6.45, 7) is 2.01. The van der Waals surface area contributed by atoms with Gasteiger partial charge in [0.05, 0.1) is 11.8 Å². The molecule has 134 valence electrons. The van der Waals surface area contributed by atoms with Crippen molar-refractivity contribution in [3.05, 3.63) is 18.2 Å². The van der Waals surface area contributed by atoms with Gasteiger partial charge in [-0.3, -0.25) is 4.55 Å². The van der Waals surface area contributed by atoms with E-state index in [1.807, 2.05) is 10.8 Å². The van der Waals surface area contributed by atoms with Crippen molar-refractivity contribution in [3.8, 4) is 0 Å². The molecule has 0 fully saturated rings. The number of aryl methyl sites for hydroxylation is 2. The molecule has 8 nitrogen and oxygen atoms in total. The van der Waals surface area contributed by atoms with E-state index in [4.69, 9.17) is 17.8 Å². The second-order valence-electron chi connectivity index (χ2n) is 5.36. The number of hydrogen-bond donors (Lipinski definition) is 2. The first kappa shape index (κ1) is 20.3. The number of H-pyrrole nitrogens is 1. The number of hydrogen-bond acceptors (Lipinski definition) is 5. The molecule has 1 rings (SSSR count). The summed E-state index contributed by atoms with van der Waals surface area (Å²) in [6, 6.07) is 0.691. The van der Waals surface area contributed by atoms with E-state index in [9.17, 15) is 8.42 Å². The second-order valence-corrected chi connectivity index (χ2v) is 10.3. The molecule has 23 heavy (non-hydrogen) atoms. The molecule has 0 radical (unpaired) electrons. The van der Waals surface area contributed by atoms with E-state index in [1.165, 1.54) is 6.92 Å². The minimum Gasteiger partial charge on any atom is -0.377 e. The zero-order valence-corrected chi connectivity index (χ0v) is 15.9. The number of rotatable bonds is 11. The maximum absolute atomic E-state index is 11.1. The summed E-state index contributed by atoms with van der Waals surface area (Å²) in [5.74, 6) is 0.985. The van der Waals surface area contributed by atoms with Crippen molar-refractivity contribution >= 4 is 18.9 Å². The Morgan fingerprint density at radius 3 is 2.43 bits per heavy atom. The van der Waals surface area contributed by atoms with Gasteiger partial charge in [-0.15, -0.1) is 0 Å². The van der Waals surface area contributed by atoms with Gasteiger partial charge in [0.25, 0.3) is 15.9 Å². The first-order chi connectivity index (χ1) is 10.8. The Balaban J connectivity index is 2.56. The average molecular weight is 368 g/mol. The first-order valence-corrected chi connectivity index (χ1v) is 10.9. The van der Waals surface area contributed by atoms with Crippen LogP contribution < -0.4 is 4.57 Å². The molecule has 1 heterocycles. The van der Waals surface area contributed by atoms with Crippen LogP contribution in [0.15, 0.2) is 12.4 Å². The van der Waals surface area contributed by atoms with Crippen LogP contribution in [0.5, 0.6) is 0 Å². The quantitative estimate of drug-likeness (QED) is 0.340. The first-order valence-electron chi connectivity index (χ1n) is 7.45. The topological polar surface area (TPSA) is 102 Å². The summed E-state index contributed by atoms with van der Waals surface area (Å²) in [5.41, 5.74) is 0. The van der Waals surface area contributed by atoms with Gasteiger partial charge in [0.2, 0.25) is 0 Å². The van der Waals surface area contributed by atoms with E-state index in [1.54, 1.807) is 27.5 Å². The maximum atomic E-state index is 11.1. The standard InChI is InChI=1S/C13H26N2O6SSi/c1-12(22(16,17)18)7-9-15-10-8-14-13(15)6-5-11-23(19-2,20-3)21-4/h8,10,12H,5-7,9,11H2,1-4H3,(H,16,17,18)/p+1. The van der Waals surface area contributed by atoms with E-state index in [0.29, 0.717) is 19.0 Å². The van der Waals surface area contributed by atoms with E-state index >= 15 is 0 Å². The van der Waals surface area contributed by atoms with Gasteiger partial charge >= 0.3 is 8.80 Å². The lowest BCUT2D eigenvalue weighted by molar-refractivity contribution is -0.703. The van der Waals surface area contributed by atoms with Crippen molar-refractivity contribution in [3.63, 3.8) is 0 Å². The highest BCUT2D eigenvalue weighted by molar-refractivity contribution is 7.86. The van der Waals surface area contributed by atoms with Crippen molar-refractivity contribution in [1.29, 1.82) is 0 Å². The lowest BCUT2D eigenvalue weighted by Crippen LogP contribution is -2.43. The van der Waals surface area contributed by atoms with E-state index in [2.05, 4.69) is 4.98 Å². The third-order valence-electron chi connectivity index (χ3n) is 3.97. The highest BCUT2D eigenvalue weighted by atomic mass is 32.2. The van der Waals surface area contributed by atoms with Crippen LogP contribution in [-0.4, -0.2) is 53.3 Å². The molecule has 1 atom stereocenters. The lowest BCUT2D eigenvalue weighted by Gasteiger charge is -2.23. The zero-order valence-electron chi connectivity index (χ0n) is 14.1. The molecule has 10 heteroatoms. The molecular weight excluding hydrogens is 340 g/mol. The summed E-state index contributed by atoms with van der Waals surface area (Å²) < 4.78 is 49.2. The Morgan fingerprint density at radius 1 is 1.30 bits per heavy atom. The van der Waals surface area contributed by atoms with Crippen molar-refractivity contribution in [2.75, 3.05) is 21.3 Å². The van der Waals surface area contributed by atoms with Crippen LogP contribution in [0.4, 0.5) is 0 Å². The molecule has 0 aliphatic rings. The number of nitrogens with one attached hydrogen (secondary N) is 1. The van der Waals surface area contributed by atoms with Crippen LogP contribution >= 0.6 is 0 Å². The van der Waals surface area contributed by atoms with Gasteiger partial charge in [-0.25, -0.2) is 9.55 Å². The van der Waals surface area contributed by atoms with E-state index in [-0.39, 0.29) is 0 Å². The third kappa shape index (κ3) is 5.97. The summed E-state index contributed by atoms with van der Waals surface area (Å²) in [4.78, 5) is 3.15. The Morgan fingerprint density at radius 2 is 1.91 bits per heavy atom. The molecule has 1 aromatic rings. The molecular formula is C13H27N2O6SSi+. The number of nitrogens with zero attached hydrogens (tertiary/aromatic N) is 1. The predicted molar refractivity (Wildman–Crippen MR) is 86.5 cm³/mol. The average Bonchev–Trinajstić information content (AvgIpc) is 2.96. The fourth-order valence-corrected chi connectivity index (χ4v) is 4.45. The number of aromatic amines is 1. The Kier molecular flexibility index (Phi) is 7.84. The number of imidazole rings is 1. The SMILES string of the molecule is CO[Si](CCCc1[nH]cc[n+]1CCC(C)S(=O)(=O)O)(OC)OC. The minimum absolute atomic E-state index is 0.348. The Hall–Kier alpha value is -0.783. The van der Waals surface area contributed by atoms with Crippen molar-refractivity contribution in [2.24, 2.45) is 0 Å². The van der Waals surface area contributed by atoms with Gasteiger partial charge in [0, 0.05) is 40.2 Å². The summed E-state index contributed by atoms with van der Waals surface area (Å²) in [6.07, 6.45) is 5.59. The van der Waals surface area contributed by atoms with Crippen LogP contribution in [0.3, 0.4) is 0 Å². The van der Waals surface area contributed by atoms with Gasteiger partial charge < -0.3 is 13.3 Å².